The highest BCUT2D eigenvalue weighted by Crippen LogP contribution is 2.34. The van der Waals surface area contributed by atoms with Crippen LogP contribution < -0.4 is 14.8 Å². The van der Waals surface area contributed by atoms with Crippen molar-refractivity contribution in [2.24, 2.45) is 0 Å². The van der Waals surface area contributed by atoms with Gasteiger partial charge in [0.2, 0.25) is 0 Å². The molecule has 0 aromatic heterocycles. The number of rotatable bonds is 10. The average molecular weight is 602 g/mol. The van der Waals surface area contributed by atoms with Gasteiger partial charge < -0.3 is 24.8 Å². The van der Waals surface area contributed by atoms with Crippen molar-refractivity contribution in [2.45, 2.75) is 31.8 Å². The maximum atomic E-state index is 13.8. The summed E-state index contributed by atoms with van der Waals surface area (Å²) >= 11 is 12.4. The van der Waals surface area contributed by atoms with Crippen molar-refractivity contribution in [3.05, 3.63) is 99.3 Å². The van der Waals surface area contributed by atoms with Crippen molar-refractivity contribution in [3.8, 4) is 11.5 Å². The zero-order valence-corrected chi connectivity index (χ0v) is 23.8. The van der Waals surface area contributed by atoms with E-state index in [2.05, 4.69) is 5.32 Å². The van der Waals surface area contributed by atoms with Crippen molar-refractivity contribution in [1.29, 1.82) is 0 Å². The number of carbonyl (C=O) groups is 2. The predicted molar refractivity (Wildman–Crippen MR) is 157 cm³/mol. The van der Waals surface area contributed by atoms with Gasteiger partial charge in [-0.05, 0) is 72.8 Å². The van der Waals surface area contributed by atoms with Gasteiger partial charge in [0.1, 0.15) is 30.5 Å². The lowest BCUT2D eigenvalue weighted by atomic mass is 9.93. The molecule has 1 heterocycles. The minimum absolute atomic E-state index is 0.0723. The molecule has 3 aromatic carbocycles. The van der Waals surface area contributed by atoms with E-state index in [1.54, 1.807) is 0 Å². The van der Waals surface area contributed by atoms with Crippen LogP contribution in [0.2, 0.25) is 10.0 Å². The zero-order chi connectivity index (χ0) is 29.2. The predicted octanol–water partition coefficient (Wildman–Crippen LogP) is 6.23. The number of halogens is 3. The molecule has 0 unspecified atom stereocenters. The van der Waals surface area contributed by atoms with E-state index in [1.165, 1.54) is 18.2 Å². The highest BCUT2D eigenvalue weighted by atomic mass is 35.5. The molecule has 1 saturated carbocycles. The fourth-order valence-corrected chi connectivity index (χ4v) is 4.96. The Kier molecular flexibility index (Phi) is 11.0. The summed E-state index contributed by atoms with van der Waals surface area (Å²) in [4.78, 5) is 24.1. The molecular formula is C31H31Cl2FN2O5. The van der Waals surface area contributed by atoms with E-state index >= 15 is 0 Å². The molecule has 216 valence electrons. The monoisotopic (exact) mass is 600 g/mol. The third kappa shape index (κ3) is 8.45. The third-order valence-electron chi connectivity index (χ3n) is 6.73. The van der Waals surface area contributed by atoms with Gasteiger partial charge in [0, 0.05) is 35.8 Å². The van der Waals surface area contributed by atoms with Crippen molar-refractivity contribution in [3.63, 3.8) is 0 Å². The first-order valence-electron chi connectivity index (χ1n) is 13.3. The number of hydrogen-bond acceptors (Lipinski definition) is 5. The third-order valence-corrected chi connectivity index (χ3v) is 7.41. The maximum Gasteiger partial charge on any atom is 0.290 e. The van der Waals surface area contributed by atoms with Crippen LogP contribution in [0.1, 0.15) is 30.4 Å². The lowest BCUT2D eigenvalue weighted by Gasteiger charge is -2.28. The standard InChI is InChI=1S/C30H29Cl2FN2O3.CH2O2/c31-27-4-2-1-3-21(27)19-35(23-8-9-23)30(36)26-18-34-14-13-25(26)20-5-10-24(11-6-20)37-15-16-38-29-17-22(33)7-12-28(29)32;2-1-3/h1-7,10-12,17,23,34H,8-9,13-16,18-19H2;1H,(H,2,3). The fraction of sp³-hybridized carbons (Fsp3) is 0.290. The maximum absolute atomic E-state index is 13.8. The van der Waals surface area contributed by atoms with E-state index in [0.29, 0.717) is 28.9 Å². The first-order chi connectivity index (χ1) is 19.9. The van der Waals surface area contributed by atoms with E-state index in [0.717, 1.165) is 48.1 Å². The molecule has 5 rings (SSSR count). The van der Waals surface area contributed by atoms with Crippen molar-refractivity contribution in [1.82, 2.24) is 10.2 Å². The van der Waals surface area contributed by atoms with Gasteiger partial charge in [-0.1, -0.05) is 53.5 Å². The summed E-state index contributed by atoms with van der Waals surface area (Å²) in [5, 5.41) is 11.3. The molecule has 0 spiro atoms. The van der Waals surface area contributed by atoms with Gasteiger partial charge in [0.15, 0.2) is 0 Å². The normalized spacial score (nSPS) is 14.5. The summed E-state index contributed by atoms with van der Waals surface area (Å²) in [5.74, 6) is 0.636. The summed E-state index contributed by atoms with van der Waals surface area (Å²) in [7, 11) is 0. The minimum Gasteiger partial charge on any atom is -0.490 e. The molecule has 10 heteroatoms. The molecule has 2 aliphatic rings. The number of carbonyl (C=O) groups excluding carboxylic acids is 1. The van der Waals surface area contributed by atoms with E-state index in [1.807, 2.05) is 53.4 Å². The highest BCUT2D eigenvalue weighted by molar-refractivity contribution is 6.32. The van der Waals surface area contributed by atoms with Gasteiger partial charge in [-0.3, -0.25) is 9.59 Å². The van der Waals surface area contributed by atoms with Crippen LogP contribution in [-0.2, 0) is 16.1 Å². The average Bonchev–Trinajstić information content (AvgIpc) is 3.83. The molecule has 7 nitrogen and oxygen atoms in total. The van der Waals surface area contributed by atoms with Gasteiger partial charge in [0.05, 0.1) is 5.02 Å². The molecule has 0 saturated heterocycles. The van der Waals surface area contributed by atoms with Crippen LogP contribution >= 0.6 is 23.2 Å². The quantitative estimate of drug-likeness (QED) is 0.212. The van der Waals surface area contributed by atoms with Crippen molar-refractivity contribution in [2.75, 3.05) is 26.3 Å². The number of carboxylic acid groups (broad SMARTS) is 1. The van der Waals surface area contributed by atoms with E-state index in [4.69, 9.17) is 42.6 Å². The fourth-order valence-electron chi connectivity index (χ4n) is 4.60. The van der Waals surface area contributed by atoms with E-state index < -0.39 is 5.82 Å². The number of benzene rings is 3. The Morgan fingerprint density at radius 3 is 2.44 bits per heavy atom. The number of nitrogens with zero attached hydrogens (tertiary/aromatic N) is 1. The number of ether oxygens (including phenoxy) is 2. The van der Waals surface area contributed by atoms with Gasteiger partial charge in [-0.15, -0.1) is 0 Å². The SMILES string of the molecule is O=C(C1=C(c2ccc(OCCOc3cc(F)ccc3Cl)cc2)CCNC1)N(Cc1ccccc1Cl)C1CC1.O=CO. The van der Waals surface area contributed by atoms with Gasteiger partial charge >= 0.3 is 0 Å². The summed E-state index contributed by atoms with van der Waals surface area (Å²) in [6.45, 7) is 2.12. The van der Waals surface area contributed by atoms with Crippen LogP contribution in [0.15, 0.2) is 72.3 Å². The summed E-state index contributed by atoms with van der Waals surface area (Å²) in [5.41, 5.74) is 3.85. The Morgan fingerprint density at radius 1 is 1.02 bits per heavy atom. The molecule has 1 aliphatic heterocycles. The van der Waals surface area contributed by atoms with Crippen LogP contribution in [0, 0.1) is 5.82 Å². The molecule has 1 fully saturated rings. The second-order valence-corrected chi connectivity index (χ2v) is 10.4. The molecular weight excluding hydrogens is 570 g/mol. The van der Waals surface area contributed by atoms with Crippen LogP contribution in [0.3, 0.4) is 0 Å². The Hall–Kier alpha value is -3.59. The first-order valence-corrected chi connectivity index (χ1v) is 14.0. The molecule has 0 atom stereocenters. The van der Waals surface area contributed by atoms with Gasteiger partial charge in [-0.25, -0.2) is 4.39 Å². The smallest absolute Gasteiger partial charge is 0.290 e. The molecule has 41 heavy (non-hydrogen) atoms. The number of amides is 1. The summed E-state index contributed by atoms with van der Waals surface area (Å²) in [6, 6.07) is 19.7. The van der Waals surface area contributed by atoms with Crippen LogP contribution in [0.25, 0.3) is 5.57 Å². The Morgan fingerprint density at radius 2 is 1.73 bits per heavy atom. The summed E-state index contributed by atoms with van der Waals surface area (Å²) in [6.07, 6.45) is 2.81. The first kappa shape index (κ1) is 30.4. The van der Waals surface area contributed by atoms with E-state index in [9.17, 15) is 9.18 Å². The van der Waals surface area contributed by atoms with Crippen LogP contribution in [-0.4, -0.2) is 54.7 Å². The highest BCUT2D eigenvalue weighted by Gasteiger charge is 2.35. The van der Waals surface area contributed by atoms with Gasteiger partial charge in [-0.2, -0.15) is 0 Å². The summed E-state index contributed by atoms with van der Waals surface area (Å²) < 4.78 is 24.7. The topological polar surface area (TPSA) is 88.1 Å². The molecule has 1 amide bonds. The Bertz CT molecular complexity index is 1380. The number of hydrogen-bond donors (Lipinski definition) is 2. The van der Waals surface area contributed by atoms with Crippen LogP contribution in [0.5, 0.6) is 11.5 Å². The molecule has 2 N–H and O–H groups in total. The molecule has 0 bridgehead atoms. The molecule has 0 radical (unpaired) electrons. The Balaban J connectivity index is 0.00000124. The zero-order valence-electron chi connectivity index (χ0n) is 22.3. The van der Waals surface area contributed by atoms with Crippen LogP contribution in [0.4, 0.5) is 4.39 Å². The van der Waals surface area contributed by atoms with Crippen molar-refractivity contribution < 1.29 is 28.6 Å². The van der Waals surface area contributed by atoms with Gasteiger partial charge in [0.25, 0.3) is 12.4 Å². The lowest BCUT2D eigenvalue weighted by Crippen LogP contribution is -2.39. The second-order valence-electron chi connectivity index (χ2n) is 9.54. The second kappa shape index (κ2) is 14.9. The Labute approximate surface area is 248 Å². The van der Waals surface area contributed by atoms with Crippen molar-refractivity contribution >= 4 is 41.2 Å². The number of nitrogens with one attached hydrogen (secondary N) is 1. The van der Waals surface area contributed by atoms with E-state index in [-0.39, 0.29) is 37.4 Å². The lowest BCUT2D eigenvalue weighted by molar-refractivity contribution is -0.128. The molecule has 1 aliphatic carbocycles. The minimum atomic E-state index is -0.407. The largest absolute Gasteiger partial charge is 0.490 e. The molecule has 3 aromatic rings.